The van der Waals surface area contributed by atoms with Gasteiger partial charge in [0.2, 0.25) is 5.95 Å². The van der Waals surface area contributed by atoms with Crippen molar-refractivity contribution in [2.45, 2.75) is 26.8 Å². The number of nitrogens with zero attached hydrogens (tertiary/aromatic N) is 4. The Labute approximate surface area is 191 Å². The Bertz CT molecular complexity index is 1020. The highest BCUT2D eigenvalue weighted by atomic mass is 16.5. The molecule has 4 heterocycles. The summed E-state index contributed by atoms with van der Waals surface area (Å²) in [5, 5.41) is 6.89. The average Bonchev–Trinajstić information content (AvgIpc) is 2.92. The highest BCUT2D eigenvalue weighted by Gasteiger charge is 2.37. The zero-order chi connectivity index (χ0) is 24.1. The lowest BCUT2D eigenvalue weighted by atomic mass is 10.1. The Balaban J connectivity index is 0.000000968. The van der Waals surface area contributed by atoms with E-state index in [1.54, 1.807) is 12.1 Å². The zero-order valence-corrected chi connectivity index (χ0v) is 19.1. The van der Waals surface area contributed by atoms with E-state index in [0.29, 0.717) is 55.8 Å². The molecule has 2 fully saturated rings. The first-order valence-electron chi connectivity index (χ1n) is 10.5. The third-order valence-electron chi connectivity index (χ3n) is 5.52. The van der Waals surface area contributed by atoms with Crippen molar-refractivity contribution in [3.8, 4) is 0 Å². The molecule has 2 atom stereocenters. The third kappa shape index (κ3) is 5.48. The number of ether oxygens (including phenoxy) is 2. The fourth-order valence-electron chi connectivity index (χ4n) is 4.16. The lowest BCUT2D eigenvalue weighted by Crippen LogP contribution is -2.46. The molecule has 1 N–H and O–H groups in total. The molecule has 0 aromatic carbocycles. The number of methoxy groups -OCH3 is 1. The smallest absolute Gasteiger partial charge is 0.356 e. The highest BCUT2D eigenvalue weighted by molar-refractivity contribution is 5.95. The van der Waals surface area contributed by atoms with Crippen LogP contribution in [0.1, 0.15) is 38.1 Å². The van der Waals surface area contributed by atoms with Gasteiger partial charge in [-0.15, -0.1) is 0 Å². The summed E-state index contributed by atoms with van der Waals surface area (Å²) >= 11 is 0. The Kier molecular flexibility index (Phi) is 7.64. The molecule has 0 radical (unpaired) electrons. The van der Waals surface area contributed by atoms with Crippen molar-refractivity contribution in [2.24, 2.45) is 5.92 Å². The molecule has 2 bridgehead atoms. The fourth-order valence-corrected chi connectivity index (χ4v) is 4.16. The molecule has 33 heavy (non-hydrogen) atoms. The van der Waals surface area contributed by atoms with E-state index in [9.17, 15) is 9.59 Å². The fraction of sp³-hybridized carbons (Fsp3) is 0.500. The molecule has 0 aliphatic carbocycles. The summed E-state index contributed by atoms with van der Waals surface area (Å²) in [6.45, 7) is 7.91. The molecule has 2 aliphatic rings. The molecule has 2 saturated heterocycles. The number of hydrogen-bond donors (Lipinski definition) is 1. The van der Waals surface area contributed by atoms with Gasteiger partial charge in [0.1, 0.15) is 11.5 Å². The summed E-state index contributed by atoms with van der Waals surface area (Å²) in [6, 6.07) is 3.27. The van der Waals surface area contributed by atoms with Crippen molar-refractivity contribution in [1.82, 2.24) is 14.9 Å². The maximum Gasteiger partial charge on any atom is 0.356 e. The number of aromatic nitrogens is 2. The first kappa shape index (κ1) is 24.2. The van der Waals surface area contributed by atoms with Gasteiger partial charge >= 0.3 is 5.97 Å². The van der Waals surface area contributed by atoms with Gasteiger partial charge in [0.15, 0.2) is 5.69 Å². The van der Waals surface area contributed by atoms with Crippen molar-refractivity contribution in [2.75, 3.05) is 44.9 Å². The Hall–Kier alpha value is -3.47. The van der Waals surface area contributed by atoms with Crippen LogP contribution in [0.3, 0.4) is 0 Å². The van der Waals surface area contributed by atoms with Crippen LogP contribution in [0.5, 0.6) is 0 Å². The largest absolute Gasteiger partial charge is 0.483 e. The number of aryl methyl sites for hydroxylation is 3. The Morgan fingerprint density at radius 3 is 2.52 bits per heavy atom. The van der Waals surface area contributed by atoms with Gasteiger partial charge in [-0.1, -0.05) is 0 Å². The molecule has 2 aliphatic heterocycles. The predicted octanol–water partition coefficient (Wildman–Crippen LogP) is 1.46. The van der Waals surface area contributed by atoms with Crippen molar-refractivity contribution < 1.29 is 33.4 Å². The number of carbonyl (C=O) groups is 3. The van der Waals surface area contributed by atoms with Crippen LogP contribution >= 0.6 is 0 Å². The number of fused-ring (bicyclic) bond motifs is 3. The van der Waals surface area contributed by atoms with E-state index in [1.807, 2.05) is 25.7 Å². The number of rotatable bonds is 3. The summed E-state index contributed by atoms with van der Waals surface area (Å²) in [5.41, 5.74) is 1.49. The second kappa shape index (κ2) is 10.4. The van der Waals surface area contributed by atoms with E-state index in [2.05, 4.69) is 14.9 Å². The summed E-state index contributed by atoms with van der Waals surface area (Å²) < 4.78 is 16.2. The van der Waals surface area contributed by atoms with E-state index in [1.165, 1.54) is 7.11 Å². The van der Waals surface area contributed by atoms with Crippen LogP contribution in [0.25, 0.3) is 0 Å². The number of esters is 1. The third-order valence-corrected chi connectivity index (χ3v) is 5.52. The number of amides is 1. The quantitative estimate of drug-likeness (QED) is 0.530. The van der Waals surface area contributed by atoms with Gasteiger partial charge in [0.05, 0.1) is 31.9 Å². The molecule has 4 rings (SSSR count). The van der Waals surface area contributed by atoms with Gasteiger partial charge in [-0.3, -0.25) is 9.59 Å². The molecule has 1 amide bonds. The van der Waals surface area contributed by atoms with Gasteiger partial charge < -0.3 is 28.8 Å². The summed E-state index contributed by atoms with van der Waals surface area (Å²) in [6.07, 6.45) is 0. The maximum absolute atomic E-state index is 13.2. The zero-order valence-electron chi connectivity index (χ0n) is 19.1. The first-order valence-corrected chi connectivity index (χ1v) is 10.5. The SMILES string of the molecule is COC(=O)c1cc(C)nc(N2C[C@H]3COC[C@@H]2CN(C(=O)c2cc(C)oc2C)C3)n1.O=CO. The molecule has 11 nitrogen and oxygen atoms in total. The van der Waals surface area contributed by atoms with E-state index in [0.717, 1.165) is 5.76 Å². The second-order valence-electron chi connectivity index (χ2n) is 8.04. The molecular weight excluding hydrogens is 432 g/mol. The van der Waals surface area contributed by atoms with E-state index >= 15 is 0 Å². The monoisotopic (exact) mass is 460 g/mol. The molecule has 0 saturated carbocycles. The molecular formula is C22H28N4O7. The molecule has 0 unspecified atom stereocenters. The minimum atomic E-state index is -0.501. The predicted molar refractivity (Wildman–Crippen MR) is 116 cm³/mol. The number of furan rings is 1. The van der Waals surface area contributed by atoms with Crippen LogP contribution in [0.15, 0.2) is 16.5 Å². The lowest BCUT2D eigenvalue weighted by Gasteiger charge is -2.31. The van der Waals surface area contributed by atoms with Crippen molar-refractivity contribution in [3.05, 3.63) is 40.6 Å². The number of carbonyl (C=O) groups excluding carboxylic acids is 2. The van der Waals surface area contributed by atoms with Gasteiger partial charge in [-0.05, 0) is 32.9 Å². The van der Waals surface area contributed by atoms with Crippen LogP contribution < -0.4 is 4.90 Å². The Morgan fingerprint density at radius 2 is 1.88 bits per heavy atom. The van der Waals surface area contributed by atoms with Crippen LogP contribution in [0.2, 0.25) is 0 Å². The van der Waals surface area contributed by atoms with Crippen LogP contribution in [-0.2, 0) is 14.3 Å². The average molecular weight is 460 g/mol. The molecule has 11 heteroatoms. The molecule has 0 spiro atoms. The van der Waals surface area contributed by atoms with E-state index in [-0.39, 0.29) is 30.0 Å². The topological polar surface area (TPSA) is 135 Å². The molecule has 2 aromatic rings. The molecule has 178 valence electrons. The number of anilines is 1. The second-order valence-corrected chi connectivity index (χ2v) is 8.04. The van der Waals surface area contributed by atoms with Crippen molar-refractivity contribution >= 4 is 24.3 Å². The first-order chi connectivity index (χ1) is 15.8. The molecule has 2 aromatic heterocycles. The number of carboxylic acid groups (broad SMARTS) is 1. The van der Waals surface area contributed by atoms with Gasteiger partial charge in [0, 0.05) is 31.2 Å². The summed E-state index contributed by atoms with van der Waals surface area (Å²) in [7, 11) is 1.33. The van der Waals surface area contributed by atoms with Crippen LogP contribution in [0, 0.1) is 26.7 Å². The van der Waals surface area contributed by atoms with Crippen molar-refractivity contribution in [3.63, 3.8) is 0 Å². The van der Waals surface area contributed by atoms with Crippen molar-refractivity contribution in [1.29, 1.82) is 0 Å². The minimum absolute atomic E-state index is 0.0384. The van der Waals surface area contributed by atoms with Crippen LogP contribution in [-0.4, -0.2) is 84.3 Å². The van der Waals surface area contributed by atoms with Gasteiger partial charge in [-0.2, -0.15) is 0 Å². The lowest BCUT2D eigenvalue weighted by molar-refractivity contribution is -0.122. The maximum atomic E-state index is 13.2. The number of hydrogen-bond acceptors (Lipinski definition) is 9. The summed E-state index contributed by atoms with van der Waals surface area (Å²) in [4.78, 5) is 46.5. The normalized spacial score (nSPS) is 19.8. The van der Waals surface area contributed by atoms with Crippen LogP contribution in [0.4, 0.5) is 5.95 Å². The Morgan fingerprint density at radius 1 is 1.15 bits per heavy atom. The minimum Gasteiger partial charge on any atom is -0.483 e. The van der Waals surface area contributed by atoms with Gasteiger partial charge in [0.25, 0.3) is 12.4 Å². The van der Waals surface area contributed by atoms with E-state index in [4.69, 9.17) is 23.8 Å². The standard InChI is InChI=1S/C21H26N4O5.CH2O2/c1-12-5-18(20(27)28-4)23-21(22-12)25-8-15-7-24(9-16(25)11-29-10-15)19(26)17-6-13(2)30-14(17)3;2-1-3/h5-6,15-16H,7-11H2,1-4H3;1H,(H,2,3)/t15-,16-;/m0./s1. The highest BCUT2D eigenvalue weighted by Crippen LogP contribution is 2.26. The summed E-state index contributed by atoms with van der Waals surface area (Å²) in [5.74, 6) is 1.37. The van der Waals surface area contributed by atoms with E-state index < -0.39 is 5.97 Å². The van der Waals surface area contributed by atoms with Gasteiger partial charge in [-0.25, -0.2) is 14.8 Å².